The Morgan fingerprint density at radius 2 is 2.00 bits per heavy atom. The van der Waals surface area contributed by atoms with Crippen LogP contribution in [0.25, 0.3) is 0 Å². The van der Waals surface area contributed by atoms with Gasteiger partial charge in [0.1, 0.15) is 5.82 Å². The number of hydrogen-bond donors (Lipinski definition) is 1. The quantitative estimate of drug-likeness (QED) is 0.778. The van der Waals surface area contributed by atoms with Crippen molar-refractivity contribution in [3.63, 3.8) is 0 Å². The van der Waals surface area contributed by atoms with Crippen molar-refractivity contribution >= 4 is 15.9 Å². The van der Waals surface area contributed by atoms with Gasteiger partial charge < -0.3 is 5.32 Å². The van der Waals surface area contributed by atoms with Gasteiger partial charge in [-0.25, -0.2) is 4.39 Å². The van der Waals surface area contributed by atoms with E-state index in [0.29, 0.717) is 12.0 Å². The van der Waals surface area contributed by atoms with Crippen LogP contribution >= 0.6 is 15.9 Å². The molecule has 1 N–H and O–H groups in total. The summed E-state index contributed by atoms with van der Waals surface area (Å²) >= 11 is 3.33. The SMILES string of the molecule is CCNC(CCCc1cc(F)cc(Br)c1)C(C)C. The van der Waals surface area contributed by atoms with Crippen LogP contribution in [0.4, 0.5) is 4.39 Å². The number of aryl methyl sites for hydroxylation is 1. The van der Waals surface area contributed by atoms with Crippen molar-refractivity contribution in [1.82, 2.24) is 5.32 Å². The van der Waals surface area contributed by atoms with Crippen LogP contribution in [0.2, 0.25) is 0 Å². The van der Waals surface area contributed by atoms with Gasteiger partial charge >= 0.3 is 0 Å². The molecular formula is C15H23BrFN. The Hall–Kier alpha value is -0.410. The molecule has 0 amide bonds. The van der Waals surface area contributed by atoms with Crippen molar-refractivity contribution < 1.29 is 4.39 Å². The van der Waals surface area contributed by atoms with Crippen LogP contribution in [0.15, 0.2) is 22.7 Å². The molecule has 0 fully saturated rings. The molecule has 0 aromatic heterocycles. The fourth-order valence-corrected chi connectivity index (χ4v) is 2.73. The van der Waals surface area contributed by atoms with E-state index in [1.165, 1.54) is 6.07 Å². The average molecular weight is 316 g/mol. The Morgan fingerprint density at radius 3 is 2.56 bits per heavy atom. The molecule has 0 spiro atoms. The van der Waals surface area contributed by atoms with E-state index in [9.17, 15) is 4.39 Å². The zero-order valence-corrected chi connectivity index (χ0v) is 13.1. The minimum atomic E-state index is -0.161. The lowest BCUT2D eigenvalue weighted by Gasteiger charge is -2.21. The van der Waals surface area contributed by atoms with Crippen molar-refractivity contribution in [3.8, 4) is 0 Å². The molecule has 1 nitrogen and oxygen atoms in total. The Labute approximate surface area is 118 Å². The van der Waals surface area contributed by atoms with Gasteiger partial charge in [0.2, 0.25) is 0 Å². The average Bonchev–Trinajstić information content (AvgIpc) is 2.26. The molecule has 0 aliphatic rings. The summed E-state index contributed by atoms with van der Waals surface area (Å²) < 4.78 is 14.0. The van der Waals surface area contributed by atoms with E-state index in [-0.39, 0.29) is 5.82 Å². The van der Waals surface area contributed by atoms with E-state index in [4.69, 9.17) is 0 Å². The third kappa shape index (κ3) is 5.49. The second-order valence-electron chi connectivity index (χ2n) is 5.08. The van der Waals surface area contributed by atoms with Crippen LogP contribution in [0.5, 0.6) is 0 Å². The van der Waals surface area contributed by atoms with Crippen LogP contribution < -0.4 is 5.32 Å². The molecule has 0 bridgehead atoms. The number of halogens is 2. The third-order valence-corrected chi connectivity index (χ3v) is 3.63. The van der Waals surface area contributed by atoms with Crippen molar-refractivity contribution in [2.75, 3.05) is 6.54 Å². The van der Waals surface area contributed by atoms with Gasteiger partial charge in [-0.1, -0.05) is 36.7 Å². The minimum Gasteiger partial charge on any atom is -0.314 e. The van der Waals surface area contributed by atoms with Crippen LogP contribution in [-0.2, 0) is 6.42 Å². The number of benzene rings is 1. The lowest BCUT2D eigenvalue weighted by atomic mass is 9.97. The van der Waals surface area contributed by atoms with Crippen LogP contribution in [-0.4, -0.2) is 12.6 Å². The van der Waals surface area contributed by atoms with Gasteiger partial charge in [-0.15, -0.1) is 0 Å². The normalized spacial score (nSPS) is 13.0. The summed E-state index contributed by atoms with van der Waals surface area (Å²) in [6, 6.07) is 5.69. The molecule has 18 heavy (non-hydrogen) atoms. The molecule has 0 aliphatic carbocycles. The van der Waals surface area contributed by atoms with Crippen LogP contribution in [0.1, 0.15) is 39.2 Å². The molecule has 0 heterocycles. The first-order valence-electron chi connectivity index (χ1n) is 6.71. The lowest BCUT2D eigenvalue weighted by molar-refractivity contribution is 0.377. The molecule has 0 saturated heterocycles. The molecule has 1 aromatic rings. The van der Waals surface area contributed by atoms with Gasteiger partial charge in [0.05, 0.1) is 0 Å². The summed E-state index contributed by atoms with van der Waals surface area (Å²) in [7, 11) is 0. The fourth-order valence-electron chi connectivity index (χ4n) is 2.21. The maximum atomic E-state index is 13.2. The maximum absolute atomic E-state index is 13.2. The van der Waals surface area contributed by atoms with Crippen molar-refractivity contribution in [3.05, 3.63) is 34.1 Å². The highest BCUT2D eigenvalue weighted by molar-refractivity contribution is 9.10. The lowest BCUT2D eigenvalue weighted by Crippen LogP contribution is -2.33. The predicted octanol–water partition coefficient (Wildman–Crippen LogP) is 4.55. The van der Waals surface area contributed by atoms with E-state index in [2.05, 4.69) is 42.0 Å². The first-order valence-corrected chi connectivity index (χ1v) is 7.50. The first kappa shape index (κ1) is 15.6. The smallest absolute Gasteiger partial charge is 0.124 e. The summed E-state index contributed by atoms with van der Waals surface area (Å²) in [5.41, 5.74) is 1.07. The van der Waals surface area contributed by atoms with Gasteiger partial charge in [-0.3, -0.25) is 0 Å². The number of hydrogen-bond acceptors (Lipinski definition) is 1. The Bertz CT molecular complexity index is 345. The molecule has 102 valence electrons. The standard InChI is InChI=1S/C15H23BrFN/c1-4-18-15(11(2)3)7-5-6-12-8-13(16)10-14(17)9-12/h8-11,15,18H,4-7H2,1-3H3. The summed E-state index contributed by atoms with van der Waals surface area (Å²) in [5.74, 6) is 0.482. The third-order valence-electron chi connectivity index (χ3n) is 3.17. The van der Waals surface area contributed by atoms with Crippen molar-refractivity contribution in [2.24, 2.45) is 5.92 Å². The predicted molar refractivity (Wildman–Crippen MR) is 79.3 cm³/mol. The fraction of sp³-hybridized carbons (Fsp3) is 0.600. The van der Waals surface area contributed by atoms with E-state index in [1.54, 1.807) is 6.07 Å². The molecule has 0 aliphatic heterocycles. The number of rotatable bonds is 7. The number of nitrogens with one attached hydrogen (secondary N) is 1. The molecule has 3 heteroatoms. The Kier molecular flexibility index (Phi) is 6.87. The zero-order valence-electron chi connectivity index (χ0n) is 11.5. The molecule has 0 saturated carbocycles. The molecule has 1 unspecified atom stereocenters. The molecule has 1 aromatic carbocycles. The molecular weight excluding hydrogens is 293 g/mol. The van der Waals surface area contributed by atoms with Gasteiger partial charge in [-0.05, 0) is 55.5 Å². The second kappa shape index (κ2) is 7.90. The van der Waals surface area contributed by atoms with Gasteiger partial charge in [0, 0.05) is 10.5 Å². The minimum absolute atomic E-state index is 0.161. The summed E-state index contributed by atoms with van der Waals surface area (Å²) in [4.78, 5) is 0. The summed E-state index contributed by atoms with van der Waals surface area (Å²) in [6.45, 7) is 7.63. The first-order chi connectivity index (χ1) is 8.52. The van der Waals surface area contributed by atoms with Crippen molar-refractivity contribution in [2.45, 2.75) is 46.1 Å². The zero-order chi connectivity index (χ0) is 13.5. The monoisotopic (exact) mass is 315 g/mol. The molecule has 0 radical (unpaired) electrons. The summed E-state index contributed by atoms with van der Waals surface area (Å²) in [5, 5.41) is 3.51. The van der Waals surface area contributed by atoms with E-state index in [1.807, 2.05) is 6.07 Å². The van der Waals surface area contributed by atoms with Gasteiger partial charge in [0.15, 0.2) is 0 Å². The van der Waals surface area contributed by atoms with E-state index in [0.717, 1.165) is 35.8 Å². The highest BCUT2D eigenvalue weighted by Gasteiger charge is 2.11. The molecule has 1 rings (SSSR count). The Balaban J connectivity index is 2.44. The highest BCUT2D eigenvalue weighted by atomic mass is 79.9. The maximum Gasteiger partial charge on any atom is 0.124 e. The van der Waals surface area contributed by atoms with Gasteiger partial charge in [-0.2, -0.15) is 0 Å². The van der Waals surface area contributed by atoms with E-state index < -0.39 is 0 Å². The molecule has 1 atom stereocenters. The largest absolute Gasteiger partial charge is 0.314 e. The van der Waals surface area contributed by atoms with E-state index >= 15 is 0 Å². The highest BCUT2D eigenvalue weighted by Crippen LogP contribution is 2.17. The Morgan fingerprint density at radius 1 is 1.28 bits per heavy atom. The summed E-state index contributed by atoms with van der Waals surface area (Å²) in [6.07, 6.45) is 3.16. The topological polar surface area (TPSA) is 12.0 Å². The second-order valence-corrected chi connectivity index (χ2v) is 5.99. The van der Waals surface area contributed by atoms with Crippen molar-refractivity contribution in [1.29, 1.82) is 0 Å². The van der Waals surface area contributed by atoms with Crippen LogP contribution in [0, 0.1) is 11.7 Å². The van der Waals surface area contributed by atoms with Gasteiger partial charge in [0.25, 0.3) is 0 Å². The van der Waals surface area contributed by atoms with Crippen LogP contribution in [0.3, 0.4) is 0 Å².